The van der Waals surface area contributed by atoms with Gasteiger partial charge in [-0.05, 0) is 19.4 Å². The van der Waals surface area contributed by atoms with Crippen molar-refractivity contribution in [2.24, 2.45) is 5.73 Å². The molecule has 17 heavy (non-hydrogen) atoms. The largest absolute Gasteiger partial charge is 0.389 e. The van der Waals surface area contributed by atoms with E-state index in [1.54, 1.807) is 7.11 Å². The van der Waals surface area contributed by atoms with E-state index in [2.05, 4.69) is 5.32 Å². The first kappa shape index (κ1) is 16.3. The molecule has 0 aromatic rings. The molecule has 0 fully saturated rings. The van der Waals surface area contributed by atoms with Crippen molar-refractivity contribution in [3.63, 3.8) is 0 Å². The van der Waals surface area contributed by atoms with E-state index in [1.165, 1.54) is 0 Å². The van der Waals surface area contributed by atoms with Crippen LogP contribution in [0.25, 0.3) is 0 Å². The Bertz CT molecular complexity index is 190. The van der Waals surface area contributed by atoms with Crippen molar-refractivity contribution in [3.05, 3.63) is 0 Å². The molecule has 0 saturated heterocycles. The van der Waals surface area contributed by atoms with Crippen LogP contribution in [0, 0.1) is 0 Å². The van der Waals surface area contributed by atoms with E-state index in [0.717, 1.165) is 19.4 Å². The molecule has 0 radical (unpaired) electrons. The van der Waals surface area contributed by atoms with Crippen molar-refractivity contribution in [2.45, 2.75) is 25.4 Å². The summed E-state index contributed by atoms with van der Waals surface area (Å²) < 4.78 is 9.98. The predicted molar refractivity (Wildman–Crippen MR) is 64.6 cm³/mol. The van der Waals surface area contributed by atoms with Crippen LogP contribution >= 0.6 is 0 Å². The lowest BCUT2D eigenvalue weighted by atomic mass is 10.2. The molecule has 0 aliphatic heterocycles. The van der Waals surface area contributed by atoms with E-state index in [1.807, 2.05) is 0 Å². The number of hydrogen-bond donors (Lipinski definition) is 3. The maximum absolute atomic E-state index is 10.4. The quantitative estimate of drug-likeness (QED) is 0.395. The fraction of sp³-hybridized carbons (Fsp3) is 0.909. The van der Waals surface area contributed by atoms with Crippen LogP contribution in [0.5, 0.6) is 0 Å². The molecule has 0 aliphatic carbocycles. The van der Waals surface area contributed by atoms with Gasteiger partial charge in [-0.2, -0.15) is 0 Å². The van der Waals surface area contributed by atoms with Crippen molar-refractivity contribution in [2.75, 3.05) is 40.0 Å². The first-order chi connectivity index (χ1) is 8.16. The minimum Gasteiger partial charge on any atom is -0.389 e. The molecule has 0 aromatic heterocycles. The zero-order valence-corrected chi connectivity index (χ0v) is 10.5. The summed E-state index contributed by atoms with van der Waals surface area (Å²) in [7, 11) is 1.60. The molecule has 0 saturated carbocycles. The summed E-state index contributed by atoms with van der Waals surface area (Å²) in [5.74, 6) is -0.267. The molecule has 0 bridgehead atoms. The second kappa shape index (κ2) is 11.8. The number of aliphatic hydroxyl groups excluding tert-OH is 1. The van der Waals surface area contributed by atoms with Crippen LogP contribution in [0.4, 0.5) is 0 Å². The normalized spacial score (nSPS) is 12.6. The lowest BCUT2D eigenvalue weighted by Gasteiger charge is -2.12. The molecular formula is C11H24N2O4. The van der Waals surface area contributed by atoms with Gasteiger partial charge in [-0.25, -0.2) is 0 Å². The number of carbonyl (C=O) groups is 1. The fourth-order valence-electron chi connectivity index (χ4n) is 1.24. The Morgan fingerprint density at radius 3 is 2.82 bits per heavy atom. The van der Waals surface area contributed by atoms with Crippen LogP contribution in [0.3, 0.4) is 0 Å². The number of nitrogens with one attached hydrogen (secondary N) is 1. The van der Waals surface area contributed by atoms with Gasteiger partial charge in [0.15, 0.2) is 0 Å². The number of ether oxygens (including phenoxy) is 2. The molecule has 0 heterocycles. The number of primary amides is 1. The van der Waals surface area contributed by atoms with Gasteiger partial charge in [-0.15, -0.1) is 0 Å². The van der Waals surface area contributed by atoms with Crippen LogP contribution in [0.2, 0.25) is 0 Å². The fourth-order valence-corrected chi connectivity index (χ4v) is 1.24. The van der Waals surface area contributed by atoms with E-state index in [9.17, 15) is 9.90 Å². The van der Waals surface area contributed by atoms with Gasteiger partial charge in [-0.1, -0.05) is 0 Å². The highest BCUT2D eigenvalue weighted by Crippen LogP contribution is 1.92. The highest BCUT2D eigenvalue weighted by molar-refractivity contribution is 5.73. The van der Waals surface area contributed by atoms with Crippen molar-refractivity contribution in [1.29, 1.82) is 0 Å². The van der Waals surface area contributed by atoms with Gasteiger partial charge in [0, 0.05) is 20.1 Å². The Balaban J connectivity index is 3.16. The number of methoxy groups -OCH3 is 1. The Kier molecular flexibility index (Phi) is 11.3. The smallest absolute Gasteiger partial charge is 0.217 e. The third kappa shape index (κ3) is 13.2. The molecule has 0 aromatic carbocycles. The summed E-state index contributed by atoms with van der Waals surface area (Å²) >= 11 is 0. The number of hydrogen-bond acceptors (Lipinski definition) is 5. The van der Waals surface area contributed by atoms with Crippen LogP contribution in [0.15, 0.2) is 0 Å². The second-order valence-corrected chi connectivity index (χ2v) is 3.85. The maximum atomic E-state index is 10.4. The molecular weight excluding hydrogens is 224 g/mol. The first-order valence-corrected chi connectivity index (χ1v) is 5.90. The molecule has 0 spiro atoms. The molecule has 0 rings (SSSR count). The van der Waals surface area contributed by atoms with Gasteiger partial charge < -0.3 is 25.6 Å². The standard InChI is InChI=1S/C11H24N2O4/c1-16-6-7-17-9-10(14)8-13-5-3-2-4-11(12)15/h10,13-14H,2-9H2,1H3,(H2,12,15). The van der Waals surface area contributed by atoms with E-state index >= 15 is 0 Å². The number of carbonyl (C=O) groups excluding carboxylic acids is 1. The zero-order valence-electron chi connectivity index (χ0n) is 10.5. The van der Waals surface area contributed by atoms with E-state index < -0.39 is 6.10 Å². The molecule has 6 nitrogen and oxygen atoms in total. The van der Waals surface area contributed by atoms with Gasteiger partial charge in [-0.3, -0.25) is 4.79 Å². The predicted octanol–water partition coefficient (Wildman–Crippen LogP) is -0.744. The number of aliphatic hydroxyl groups is 1. The summed E-state index contributed by atoms with van der Waals surface area (Å²) in [6.07, 6.45) is 1.57. The molecule has 0 aliphatic rings. The van der Waals surface area contributed by atoms with Gasteiger partial charge in [0.25, 0.3) is 0 Å². The van der Waals surface area contributed by atoms with Crippen LogP contribution in [0.1, 0.15) is 19.3 Å². The van der Waals surface area contributed by atoms with Crippen molar-refractivity contribution >= 4 is 5.91 Å². The van der Waals surface area contributed by atoms with Crippen molar-refractivity contribution < 1.29 is 19.4 Å². The lowest BCUT2D eigenvalue weighted by molar-refractivity contribution is -0.118. The monoisotopic (exact) mass is 248 g/mol. The van der Waals surface area contributed by atoms with Crippen LogP contribution < -0.4 is 11.1 Å². The third-order valence-electron chi connectivity index (χ3n) is 2.15. The summed E-state index contributed by atoms with van der Waals surface area (Å²) in [5, 5.41) is 12.6. The summed E-state index contributed by atoms with van der Waals surface area (Å²) in [6, 6.07) is 0. The minimum atomic E-state index is -0.511. The first-order valence-electron chi connectivity index (χ1n) is 5.90. The highest BCUT2D eigenvalue weighted by Gasteiger charge is 2.03. The molecule has 102 valence electrons. The molecule has 1 amide bonds. The number of nitrogens with two attached hydrogens (primary N) is 1. The molecule has 1 atom stereocenters. The van der Waals surface area contributed by atoms with Crippen molar-refractivity contribution in [3.8, 4) is 0 Å². The van der Waals surface area contributed by atoms with Gasteiger partial charge >= 0.3 is 0 Å². The molecule has 4 N–H and O–H groups in total. The Hall–Kier alpha value is -0.690. The van der Waals surface area contributed by atoms with E-state index in [-0.39, 0.29) is 5.91 Å². The van der Waals surface area contributed by atoms with Gasteiger partial charge in [0.1, 0.15) is 0 Å². The number of amides is 1. The number of rotatable bonds is 12. The Morgan fingerprint density at radius 1 is 1.41 bits per heavy atom. The summed E-state index contributed by atoms with van der Waals surface area (Å²) in [5.41, 5.74) is 5.01. The minimum absolute atomic E-state index is 0.267. The average molecular weight is 248 g/mol. The Morgan fingerprint density at radius 2 is 2.18 bits per heavy atom. The van der Waals surface area contributed by atoms with Crippen molar-refractivity contribution in [1.82, 2.24) is 5.32 Å². The highest BCUT2D eigenvalue weighted by atomic mass is 16.5. The molecule has 6 heteroatoms. The zero-order chi connectivity index (χ0) is 12.9. The second-order valence-electron chi connectivity index (χ2n) is 3.85. The summed E-state index contributed by atoms with van der Waals surface area (Å²) in [6.45, 7) is 2.59. The average Bonchev–Trinajstić information content (AvgIpc) is 2.29. The molecule has 1 unspecified atom stereocenters. The third-order valence-corrected chi connectivity index (χ3v) is 2.15. The maximum Gasteiger partial charge on any atom is 0.217 e. The van der Waals surface area contributed by atoms with Gasteiger partial charge in [0.2, 0.25) is 5.91 Å². The SMILES string of the molecule is COCCOCC(O)CNCCCCC(N)=O. The topological polar surface area (TPSA) is 93.8 Å². The van der Waals surface area contributed by atoms with Crippen LogP contribution in [-0.2, 0) is 14.3 Å². The lowest BCUT2D eigenvalue weighted by Crippen LogP contribution is -2.31. The Labute approximate surface area is 102 Å². The van der Waals surface area contributed by atoms with E-state index in [4.69, 9.17) is 15.2 Å². The summed E-state index contributed by atoms with van der Waals surface area (Å²) in [4.78, 5) is 10.4. The number of unbranched alkanes of at least 4 members (excludes halogenated alkanes) is 1. The van der Waals surface area contributed by atoms with E-state index in [0.29, 0.717) is 32.8 Å². The van der Waals surface area contributed by atoms with Crippen LogP contribution in [-0.4, -0.2) is 57.1 Å². The van der Waals surface area contributed by atoms with Gasteiger partial charge in [0.05, 0.1) is 25.9 Å².